The van der Waals surface area contributed by atoms with Gasteiger partial charge in [-0.15, -0.1) is 0 Å². The summed E-state index contributed by atoms with van der Waals surface area (Å²) in [4.78, 5) is 35.9. The third-order valence-corrected chi connectivity index (χ3v) is 5.43. The molecule has 7 heteroatoms. The number of hydrogen-bond donors (Lipinski definition) is 0. The Hall–Kier alpha value is -3.09. The molecule has 1 aliphatic rings. The lowest BCUT2D eigenvalue weighted by atomic mass is 10.1. The molecule has 1 aliphatic carbocycles. The van der Waals surface area contributed by atoms with Gasteiger partial charge in [0.05, 0.1) is 13.5 Å². The van der Waals surface area contributed by atoms with E-state index in [9.17, 15) is 14.4 Å². The molecule has 0 atom stereocenters. The van der Waals surface area contributed by atoms with Crippen molar-refractivity contribution in [2.24, 2.45) is 0 Å². The monoisotopic (exact) mass is 413 g/mol. The van der Waals surface area contributed by atoms with Crippen LogP contribution in [0.1, 0.15) is 45.7 Å². The molecule has 0 amide bonds. The highest BCUT2D eigenvalue weighted by Crippen LogP contribution is 2.26. The molecule has 1 aromatic carbocycles. The Morgan fingerprint density at radius 1 is 1.00 bits per heavy atom. The van der Waals surface area contributed by atoms with Gasteiger partial charge in [-0.25, -0.2) is 4.79 Å². The molecule has 0 unspecified atom stereocenters. The van der Waals surface area contributed by atoms with Crippen LogP contribution in [0.3, 0.4) is 0 Å². The normalized spacial score (nSPS) is 12.4. The van der Waals surface area contributed by atoms with Gasteiger partial charge in [0.2, 0.25) is 5.78 Å². The number of benzene rings is 1. The van der Waals surface area contributed by atoms with Crippen LogP contribution in [-0.4, -0.2) is 42.6 Å². The zero-order valence-electron chi connectivity index (χ0n) is 17.7. The molecule has 160 valence electrons. The quantitative estimate of drug-likeness (QED) is 0.464. The van der Waals surface area contributed by atoms with Crippen molar-refractivity contribution in [1.82, 2.24) is 4.57 Å². The third kappa shape index (κ3) is 5.09. The number of carbonyl (C=O) groups is 3. The van der Waals surface area contributed by atoms with Crippen molar-refractivity contribution in [3.8, 4) is 5.75 Å². The molecule has 1 heterocycles. The Kier molecular flexibility index (Phi) is 6.92. The molecule has 0 aliphatic heterocycles. The third-order valence-electron chi connectivity index (χ3n) is 5.43. The maximum atomic E-state index is 12.5. The van der Waals surface area contributed by atoms with Crippen molar-refractivity contribution in [1.29, 1.82) is 0 Å². The van der Waals surface area contributed by atoms with Crippen LogP contribution in [0.2, 0.25) is 0 Å². The Labute approximate surface area is 175 Å². The number of hydrogen-bond acceptors (Lipinski definition) is 6. The van der Waals surface area contributed by atoms with E-state index in [1.54, 1.807) is 13.0 Å². The molecule has 2 aromatic rings. The number of methoxy groups -OCH3 is 1. The zero-order chi connectivity index (χ0) is 21.7. The minimum absolute atomic E-state index is 0.218. The number of esters is 2. The predicted molar refractivity (Wildman–Crippen MR) is 110 cm³/mol. The molecule has 0 saturated carbocycles. The molecular formula is C23H27NO6. The minimum atomic E-state index is -0.594. The van der Waals surface area contributed by atoms with Gasteiger partial charge >= 0.3 is 11.9 Å². The average Bonchev–Trinajstić information content (AvgIpc) is 3.32. The van der Waals surface area contributed by atoms with Crippen molar-refractivity contribution < 1.29 is 28.6 Å². The van der Waals surface area contributed by atoms with Crippen LogP contribution >= 0.6 is 0 Å². The molecule has 1 aromatic heterocycles. The summed E-state index contributed by atoms with van der Waals surface area (Å²) in [7, 11) is 1.34. The largest absolute Gasteiger partial charge is 0.482 e. The van der Waals surface area contributed by atoms with Crippen LogP contribution in [0.25, 0.3) is 0 Å². The molecule has 0 N–H and O–H groups in total. The van der Waals surface area contributed by atoms with Gasteiger partial charge in [-0.3, -0.25) is 9.59 Å². The number of Topliss-reactive ketones (excluding diaryl/α,β-unsaturated/α-hetero) is 1. The number of carbonyl (C=O) groups excluding carboxylic acids is 3. The minimum Gasteiger partial charge on any atom is -0.482 e. The lowest BCUT2D eigenvalue weighted by Gasteiger charge is -2.09. The lowest BCUT2D eigenvalue weighted by Crippen LogP contribution is -2.20. The Bertz CT molecular complexity index is 959. The molecule has 0 spiro atoms. The van der Waals surface area contributed by atoms with Gasteiger partial charge in [0.15, 0.2) is 13.2 Å². The topological polar surface area (TPSA) is 83.8 Å². The van der Waals surface area contributed by atoms with E-state index in [0.717, 1.165) is 30.7 Å². The van der Waals surface area contributed by atoms with Crippen molar-refractivity contribution in [2.75, 3.05) is 20.3 Å². The number of aromatic nitrogens is 1. The number of nitrogens with zero attached hydrogens (tertiary/aromatic N) is 1. The zero-order valence-corrected chi connectivity index (χ0v) is 17.7. The number of ketones is 1. The fraction of sp³-hybridized carbons (Fsp3) is 0.435. The summed E-state index contributed by atoms with van der Waals surface area (Å²) in [5.74, 6) is -0.567. The van der Waals surface area contributed by atoms with Gasteiger partial charge in [0, 0.05) is 23.5 Å². The first kappa shape index (κ1) is 21.6. The summed E-state index contributed by atoms with van der Waals surface area (Å²) in [5, 5.41) is 0. The second-order valence-corrected chi connectivity index (χ2v) is 7.42. The second-order valence-electron chi connectivity index (χ2n) is 7.42. The molecule has 0 radical (unpaired) electrons. The molecular weight excluding hydrogens is 386 g/mol. The van der Waals surface area contributed by atoms with E-state index >= 15 is 0 Å². The van der Waals surface area contributed by atoms with E-state index in [-0.39, 0.29) is 31.4 Å². The van der Waals surface area contributed by atoms with E-state index in [1.807, 2.05) is 29.7 Å². The SMILES string of the molecule is COC(=O)CCn1c(C)cc(C(=O)COC(=O)COc2ccc3c(c2)CCC3)c1C. The Morgan fingerprint density at radius 2 is 1.77 bits per heavy atom. The maximum Gasteiger partial charge on any atom is 0.344 e. The summed E-state index contributed by atoms with van der Waals surface area (Å²) in [6, 6.07) is 7.59. The number of aryl methyl sites for hydroxylation is 3. The van der Waals surface area contributed by atoms with E-state index in [4.69, 9.17) is 9.47 Å². The van der Waals surface area contributed by atoms with E-state index in [0.29, 0.717) is 17.9 Å². The average molecular weight is 413 g/mol. The van der Waals surface area contributed by atoms with Crippen molar-refractivity contribution in [3.63, 3.8) is 0 Å². The predicted octanol–water partition coefficient (Wildman–Crippen LogP) is 2.96. The maximum absolute atomic E-state index is 12.5. The summed E-state index contributed by atoms with van der Waals surface area (Å²) >= 11 is 0. The number of fused-ring (bicyclic) bond motifs is 1. The number of rotatable bonds is 9. The first-order valence-corrected chi connectivity index (χ1v) is 10.1. The fourth-order valence-electron chi connectivity index (χ4n) is 3.78. The summed E-state index contributed by atoms with van der Waals surface area (Å²) in [6.07, 6.45) is 3.48. The molecule has 0 saturated heterocycles. The van der Waals surface area contributed by atoms with Crippen LogP contribution < -0.4 is 4.74 Å². The smallest absolute Gasteiger partial charge is 0.344 e. The van der Waals surface area contributed by atoms with Crippen LogP contribution in [0.4, 0.5) is 0 Å². The Morgan fingerprint density at radius 3 is 2.53 bits per heavy atom. The van der Waals surface area contributed by atoms with Crippen LogP contribution in [0.15, 0.2) is 24.3 Å². The van der Waals surface area contributed by atoms with Gasteiger partial charge in [0.1, 0.15) is 5.75 Å². The van der Waals surface area contributed by atoms with Gasteiger partial charge in [-0.1, -0.05) is 6.07 Å². The van der Waals surface area contributed by atoms with Gasteiger partial charge in [-0.2, -0.15) is 0 Å². The molecule has 7 nitrogen and oxygen atoms in total. The molecule has 0 bridgehead atoms. The highest BCUT2D eigenvalue weighted by molar-refractivity contribution is 5.99. The summed E-state index contributed by atoms with van der Waals surface area (Å²) < 4.78 is 17.1. The summed E-state index contributed by atoms with van der Waals surface area (Å²) in [5.41, 5.74) is 4.65. The highest BCUT2D eigenvalue weighted by Gasteiger charge is 2.18. The van der Waals surface area contributed by atoms with Crippen molar-refractivity contribution in [3.05, 3.63) is 52.3 Å². The van der Waals surface area contributed by atoms with E-state index < -0.39 is 5.97 Å². The van der Waals surface area contributed by atoms with Crippen LogP contribution in [0.5, 0.6) is 5.75 Å². The Balaban J connectivity index is 1.50. The van der Waals surface area contributed by atoms with Gasteiger partial charge in [-0.05, 0) is 62.4 Å². The lowest BCUT2D eigenvalue weighted by molar-refractivity contribution is -0.145. The fourth-order valence-corrected chi connectivity index (χ4v) is 3.78. The van der Waals surface area contributed by atoms with E-state index in [1.165, 1.54) is 18.2 Å². The number of ether oxygens (including phenoxy) is 3. The summed E-state index contributed by atoms with van der Waals surface area (Å²) in [6.45, 7) is 3.48. The van der Waals surface area contributed by atoms with Gasteiger partial charge < -0.3 is 18.8 Å². The highest BCUT2D eigenvalue weighted by atomic mass is 16.6. The first-order chi connectivity index (χ1) is 14.4. The standard InChI is InChI=1S/C23H27NO6/c1-15-11-20(16(2)24(15)10-9-22(26)28-3)21(25)13-30-23(27)14-29-19-8-7-17-5-4-6-18(17)12-19/h7-8,11-12H,4-6,9-10,13-14H2,1-3H3. The second kappa shape index (κ2) is 9.61. The van der Waals surface area contributed by atoms with Crippen LogP contribution in [-0.2, 0) is 38.4 Å². The van der Waals surface area contributed by atoms with Crippen molar-refractivity contribution >= 4 is 17.7 Å². The molecule has 30 heavy (non-hydrogen) atoms. The molecule has 0 fully saturated rings. The van der Waals surface area contributed by atoms with Crippen LogP contribution in [0, 0.1) is 13.8 Å². The van der Waals surface area contributed by atoms with Gasteiger partial charge in [0.25, 0.3) is 0 Å². The molecule has 3 rings (SSSR count). The van der Waals surface area contributed by atoms with Crippen molar-refractivity contribution in [2.45, 2.75) is 46.1 Å². The van der Waals surface area contributed by atoms with E-state index in [2.05, 4.69) is 4.74 Å². The first-order valence-electron chi connectivity index (χ1n) is 10.1.